The van der Waals surface area contributed by atoms with Crippen molar-refractivity contribution in [3.63, 3.8) is 0 Å². The number of unbranched alkanes of at least 4 members (excludes halogenated alkanes) is 5. The van der Waals surface area contributed by atoms with Gasteiger partial charge in [-0.2, -0.15) is 0 Å². The fourth-order valence-corrected chi connectivity index (χ4v) is 1.84. The Bertz CT molecular complexity index is 223. The standard InChI is InChI=1S/C15H29NO/c1-5-7-9-10-11-13-16(12-8-6-2)15(17)14(3)4/h3,5-13H2,1-2,4H3. The van der Waals surface area contributed by atoms with Gasteiger partial charge in [0.2, 0.25) is 5.91 Å². The molecule has 0 aromatic heterocycles. The Labute approximate surface area is 107 Å². The van der Waals surface area contributed by atoms with Gasteiger partial charge < -0.3 is 4.90 Å². The van der Waals surface area contributed by atoms with Crippen LogP contribution in [-0.4, -0.2) is 23.9 Å². The highest BCUT2D eigenvalue weighted by atomic mass is 16.2. The van der Waals surface area contributed by atoms with Crippen molar-refractivity contribution in [2.24, 2.45) is 0 Å². The van der Waals surface area contributed by atoms with E-state index in [1.165, 1.54) is 25.7 Å². The lowest BCUT2D eigenvalue weighted by Crippen LogP contribution is -2.33. The Morgan fingerprint density at radius 3 is 2.00 bits per heavy atom. The van der Waals surface area contributed by atoms with Crippen LogP contribution in [0.1, 0.15) is 65.7 Å². The number of carbonyl (C=O) groups excluding carboxylic acids is 1. The van der Waals surface area contributed by atoms with Crippen molar-refractivity contribution in [3.05, 3.63) is 12.2 Å². The van der Waals surface area contributed by atoms with Crippen molar-refractivity contribution < 1.29 is 4.79 Å². The molecular weight excluding hydrogens is 210 g/mol. The molecule has 0 N–H and O–H groups in total. The quantitative estimate of drug-likeness (QED) is 0.414. The Kier molecular flexibility index (Phi) is 9.89. The zero-order valence-corrected chi connectivity index (χ0v) is 11.9. The molecule has 17 heavy (non-hydrogen) atoms. The highest BCUT2D eigenvalue weighted by Crippen LogP contribution is 2.07. The molecule has 0 aliphatic rings. The average Bonchev–Trinajstić information content (AvgIpc) is 2.31. The van der Waals surface area contributed by atoms with Crippen LogP contribution in [0, 0.1) is 0 Å². The third kappa shape index (κ3) is 8.00. The van der Waals surface area contributed by atoms with Crippen molar-refractivity contribution in [2.75, 3.05) is 13.1 Å². The number of hydrogen-bond donors (Lipinski definition) is 0. The first-order valence-corrected chi connectivity index (χ1v) is 7.08. The van der Waals surface area contributed by atoms with Crippen LogP contribution in [0.15, 0.2) is 12.2 Å². The monoisotopic (exact) mass is 239 g/mol. The molecule has 1 amide bonds. The third-order valence-electron chi connectivity index (χ3n) is 2.97. The second kappa shape index (κ2) is 10.4. The fraction of sp³-hybridized carbons (Fsp3) is 0.800. The third-order valence-corrected chi connectivity index (χ3v) is 2.97. The van der Waals surface area contributed by atoms with E-state index in [1.54, 1.807) is 6.92 Å². The number of amides is 1. The molecule has 0 saturated carbocycles. The van der Waals surface area contributed by atoms with E-state index in [1.807, 2.05) is 4.90 Å². The summed E-state index contributed by atoms with van der Waals surface area (Å²) in [7, 11) is 0. The maximum absolute atomic E-state index is 11.9. The summed E-state index contributed by atoms with van der Waals surface area (Å²) in [6.07, 6.45) is 8.46. The summed E-state index contributed by atoms with van der Waals surface area (Å²) in [6, 6.07) is 0. The van der Waals surface area contributed by atoms with E-state index in [2.05, 4.69) is 20.4 Å². The zero-order chi connectivity index (χ0) is 13.1. The van der Waals surface area contributed by atoms with Crippen molar-refractivity contribution >= 4 is 5.91 Å². The lowest BCUT2D eigenvalue weighted by molar-refractivity contribution is -0.127. The minimum absolute atomic E-state index is 0.133. The molecule has 0 aliphatic carbocycles. The van der Waals surface area contributed by atoms with E-state index in [-0.39, 0.29) is 5.91 Å². The normalized spacial score (nSPS) is 10.3. The van der Waals surface area contributed by atoms with Crippen LogP contribution in [-0.2, 0) is 4.79 Å². The summed E-state index contributed by atoms with van der Waals surface area (Å²) >= 11 is 0. The predicted octanol–water partition coefficient (Wildman–Crippen LogP) is 4.16. The van der Waals surface area contributed by atoms with E-state index in [0.717, 1.165) is 32.4 Å². The lowest BCUT2D eigenvalue weighted by Gasteiger charge is -2.22. The van der Waals surface area contributed by atoms with E-state index < -0.39 is 0 Å². The highest BCUT2D eigenvalue weighted by Gasteiger charge is 2.12. The van der Waals surface area contributed by atoms with Crippen LogP contribution in [0.5, 0.6) is 0 Å². The molecule has 0 radical (unpaired) electrons. The SMILES string of the molecule is C=C(C)C(=O)N(CCCC)CCCCCCC. The summed E-state index contributed by atoms with van der Waals surface area (Å²) in [5, 5.41) is 0. The van der Waals surface area contributed by atoms with Crippen LogP contribution in [0.2, 0.25) is 0 Å². The molecule has 2 heteroatoms. The summed E-state index contributed by atoms with van der Waals surface area (Å²) in [5.74, 6) is 0.133. The zero-order valence-electron chi connectivity index (χ0n) is 11.9. The Morgan fingerprint density at radius 2 is 1.47 bits per heavy atom. The van der Waals surface area contributed by atoms with Gasteiger partial charge in [-0.25, -0.2) is 0 Å². The van der Waals surface area contributed by atoms with E-state index in [4.69, 9.17) is 0 Å². The van der Waals surface area contributed by atoms with Gasteiger partial charge in [0.25, 0.3) is 0 Å². The van der Waals surface area contributed by atoms with Crippen LogP contribution in [0.4, 0.5) is 0 Å². The molecule has 0 fully saturated rings. The number of nitrogens with zero attached hydrogens (tertiary/aromatic N) is 1. The number of hydrogen-bond acceptors (Lipinski definition) is 1. The maximum atomic E-state index is 11.9. The molecule has 0 aliphatic heterocycles. The molecule has 0 unspecified atom stereocenters. The van der Waals surface area contributed by atoms with E-state index >= 15 is 0 Å². The Morgan fingerprint density at radius 1 is 0.941 bits per heavy atom. The lowest BCUT2D eigenvalue weighted by atomic mass is 10.1. The first kappa shape index (κ1) is 16.2. The maximum Gasteiger partial charge on any atom is 0.248 e. The van der Waals surface area contributed by atoms with Gasteiger partial charge in [0.05, 0.1) is 0 Å². The van der Waals surface area contributed by atoms with Crippen molar-refractivity contribution in [1.82, 2.24) is 4.90 Å². The van der Waals surface area contributed by atoms with Gasteiger partial charge in [-0.05, 0) is 19.8 Å². The second-order valence-corrected chi connectivity index (χ2v) is 4.84. The van der Waals surface area contributed by atoms with Crippen molar-refractivity contribution in [1.29, 1.82) is 0 Å². The fourth-order valence-electron chi connectivity index (χ4n) is 1.84. The van der Waals surface area contributed by atoms with Crippen molar-refractivity contribution in [2.45, 2.75) is 65.7 Å². The molecule has 2 nitrogen and oxygen atoms in total. The summed E-state index contributed by atoms with van der Waals surface area (Å²) < 4.78 is 0. The molecule has 0 aromatic carbocycles. The molecule has 0 saturated heterocycles. The first-order valence-electron chi connectivity index (χ1n) is 7.08. The minimum atomic E-state index is 0.133. The van der Waals surface area contributed by atoms with Gasteiger partial charge >= 0.3 is 0 Å². The molecule has 0 rings (SSSR count). The van der Waals surface area contributed by atoms with E-state index in [0.29, 0.717) is 5.57 Å². The van der Waals surface area contributed by atoms with Gasteiger partial charge in [0, 0.05) is 18.7 Å². The Balaban J connectivity index is 3.93. The molecule has 0 atom stereocenters. The molecular formula is C15H29NO. The first-order chi connectivity index (χ1) is 8.13. The van der Waals surface area contributed by atoms with Crippen molar-refractivity contribution in [3.8, 4) is 0 Å². The molecule has 0 spiro atoms. The summed E-state index contributed by atoms with van der Waals surface area (Å²) in [6.45, 7) is 11.7. The van der Waals surface area contributed by atoms with Gasteiger partial charge in [-0.3, -0.25) is 4.79 Å². The summed E-state index contributed by atoms with van der Waals surface area (Å²) in [5.41, 5.74) is 0.662. The summed E-state index contributed by atoms with van der Waals surface area (Å²) in [4.78, 5) is 13.9. The topological polar surface area (TPSA) is 20.3 Å². The minimum Gasteiger partial charge on any atom is -0.339 e. The van der Waals surface area contributed by atoms with Crippen LogP contribution in [0.25, 0.3) is 0 Å². The smallest absolute Gasteiger partial charge is 0.248 e. The van der Waals surface area contributed by atoms with Gasteiger partial charge in [-0.1, -0.05) is 52.5 Å². The van der Waals surface area contributed by atoms with Crippen LogP contribution in [0.3, 0.4) is 0 Å². The van der Waals surface area contributed by atoms with Crippen LogP contribution >= 0.6 is 0 Å². The number of rotatable bonds is 10. The predicted molar refractivity (Wildman–Crippen MR) is 75.1 cm³/mol. The molecule has 0 aromatic rings. The molecule has 0 bridgehead atoms. The van der Waals surface area contributed by atoms with Crippen LogP contribution < -0.4 is 0 Å². The number of carbonyl (C=O) groups is 1. The average molecular weight is 239 g/mol. The molecule has 0 heterocycles. The largest absolute Gasteiger partial charge is 0.339 e. The second-order valence-electron chi connectivity index (χ2n) is 4.84. The van der Waals surface area contributed by atoms with Gasteiger partial charge in [-0.15, -0.1) is 0 Å². The Hall–Kier alpha value is -0.790. The highest BCUT2D eigenvalue weighted by molar-refractivity contribution is 5.92. The van der Waals surface area contributed by atoms with Gasteiger partial charge in [0.1, 0.15) is 0 Å². The molecule has 100 valence electrons. The van der Waals surface area contributed by atoms with Gasteiger partial charge in [0.15, 0.2) is 0 Å². The van der Waals surface area contributed by atoms with E-state index in [9.17, 15) is 4.79 Å².